The SMILES string of the molecule is O=Cc1nc(C(F)F)c([N+](=O)[O-])cc1Cl. The number of hydrogen-bond donors (Lipinski definition) is 0. The van der Waals surface area contributed by atoms with Gasteiger partial charge in [0.1, 0.15) is 5.69 Å². The fourth-order valence-electron chi connectivity index (χ4n) is 0.898. The predicted octanol–water partition coefficient (Wildman–Crippen LogP) is 2.39. The number of carbonyl (C=O) groups is 1. The van der Waals surface area contributed by atoms with Gasteiger partial charge in [0.2, 0.25) is 0 Å². The van der Waals surface area contributed by atoms with Gasteiger partial charge in [-0.25, -0.2) is 13.8 Å². The topological polar surface area (TPSA) is 73.1 Å². The normalized spacial score (nSPS) is 10.4. The van der Waals surface area contributed by atoms with Crippen molar-refractivity contribution in [2.75, 3.05) is 0 Å². The molecule has 0 radical (unpaired) electrons. The first-order chi connectivity index (χ1) is 6.97. The van der Waals surface area contributed by atoms with Crippen LogP contribution in [-0.4, -0.2) is 16.2 Å². The van der Waals surface area contributed by atoms with E-state index in [-0.39, 0.29) is 11.3 Å². The highest BCUT2D eigenvalue weighted by molar-refractivity contribution is 6.32. The van der Waals surface area contributed by atoms with Gasteiger partial charge in [-0.1, -0.05) is 11.6 Å². The number of carbonyl (C=O) groups excluding carboxylic acids is 1. The summed E-state index contributed by atoms with van der Waals surface area (Å²) < 4.78 is 24.6. The van der Waals surface area contributed by atoms with Crippen molar-refractivity contribution in [3.8, 4) is 0 Å². The Labute approximate surface area is 86.8 Å². The Hall–Kier alpha value is -1.63. The van der Waals surface area contributed by atoms with Crippen LogP contribution in [0.15, 0.2) is 6.07 Å². The lowest BCUT2D eigenvalue weighted by molar-refractivity contribution is -0.386. The molecule has 0 aromatic carbocycles. The average Bonchev–Trinajstić information content (AvgIpc) is 2.16. The largest absolute Gasteiger partial charge is 0.298 e. The van der Waals surface area contributed by atoms with Crippen LogP contribution in [0.2, 0.25) is 5.02 Å². The van der Waals surface area contributed by atoms with Crippen molar-refractivity contribution in [1.82, 2.24) is 4.98 Å². The second-order valence-corrected chi connectivity index (χ2v) is 2.84. The first kappa shape index (κ1) is 11.4. The number of nitro groups is 1. The molecule has 0 saturated heterocycles. The molecule has 1 aromatic heterocycles. The molecule has 15 heavy (non-hydrogen) atoms. The molecule has 0 atom stereocenters. The molecule has 1 aromatic rings. The number of rotatable bonds is 3. The maximum Gasteiger partial charge on any atom is 0.298 e. The minimum absolute atomic E-state index is 0.151. The molecule has 0 saturated carbocycles. The summed E-state index contributed by atoms with van der Waals surface area (Å²) in [5, 5.41) is 10.0. The van der Waals surface area contributed by atoms with Crippen LogP contribution in [0.3, 0.4) is 0 Å². The van der Waals surface area contributed by atoms with Crippen molar-refractivity contribution in [1.29, 1.82) is 0 Å². The third-order valence-corrected chi connectivity index (χ3v) is 1.83. The fraction of sp³-hybridized carbons (Fsp3) is 0.143. The van der Waals surface area contributed by atoms with Crippen LogP contribution in [-0.2, 0) is 0 Å². The van der Waals surface area contributed by atoms with E-state index in [1.807, 2.05) is 0 Å². The highest BCUT2D eigenvalue weighted by atomic mass is 35.5. The van der Waals surface area contributed by atoms with Crippen LogP contribution < -0.4 is 0 Å². The first-order valence-corrected chi connectivity index (χ1v) is 3.93. The van der Waals surface area contributed by atoms with Gasteiger partial charge >= 0.3 is 0 Å². The van der Waals surface area contributed by atoms with E-state index in [2.05, 4.69) is 4.98 Å². The zero-order valence-corrected chi connectivity index (χ0v) is 7.74. The number of pyridine rings is 1. The minimum atomic E-state index is -3.14. The molecular formula is C7H3ClF2N2O3. The number of aromatic nitrogens is 1. The smallest absolute Gasteiger partial charge is 0.296 e. The van der Waals surface area contributed by atoms with Gasteiger partial charge in [-0.05, 0) is 0 Å². The molecule has 0 bridgehead atoms. The van der Waals surface area contributed by atoms with Crippen molar-refractivity contribution in [3.05, 3.63) is 32.6 Å². The number of aldehydes is 1. The molecule has 0 N–H and O–H groups in total. The zero-order chi connectivity index (χ0) is 11.6. The summed E-state index contributed by atoms with van der Waals surface area (Å²) in [6.45, 7) is 0. The Morgan fingerprint density at radius 2 is 2.20 bits per heavy atom. The third kappa shape index (κ3) is 2.24. The molecular weight excluding hydrogens is 234 g/mol. The molecule has 0 spiro atoms. The minimum Gasteiger partial charge on any atom is -0.296 e. The Morgan fingerprint density at radius 1 is 1.60 bits per heavy atom. The molecule has 0 amide bonds. The molecule has 0 aliphatic heterocycles. The molecule has 0 aliphatic carbocycles. The van der Waals surface area contributed by atoms with Gasteiger partial charge in [0.05, 0.1) is 9.95 Å². The van der Waals surface area contributed by atoms with E-state index in [1.165, 1.54) is 0 Å². The maximum atomic E-state index is 12.3. The lowest BCUT2D eigenvalue weighted by Crippen LogP contribution is -2.02. The average molecular weight is 237 g/mol. The van der Waals surface area contributed by atoms with E-state index in [0.717, 1.165) is 0 Å². The van der Waals surface area contributed by atoms with Gasteiger partial charge < -0.3 is 0 Å². The Morgan fingerprint density at radius 3 is 2.60 bits per heavy atom. The van der Waals surface area contributed by atoms with Gasteiger partial charge in [-0.3, -0.25) is 14.9 Å². The van der Waals surface area contributed by atoms with Gasteiger partial charge in [0, 0.05) is 6.07 Å². The summed E-state index contributed by atoms with van der Waals surface area (Å²) >= 11 is 5.41. The lowest BCUT2D eigenvalue weighted by atomic mass is 10.2. The highest BCUT2D eigenvalue weighted by Crippen LogP contribution is 2.30. The Bertz CT molecular complexity index is 425. The maximum absolute atomic E-state index is 12.3. The Balaban J connectivity index is 3.45. The number of hydrogen-bond acceptors (Lipinski definition) is 4. The fourth-order valence-corrected chi connectivity index (χ4v) is 1.09. The van der Waals surface area contributed by atoms with E-state index in [9.17, 15) is 23.7 Å². The van der Waals surface area contributed by atoms with Crippen molar-refractivity contribution < 1.29 is 18.5 Å². The van der Waals surface area contributed by atoms with Crippen molar-refractivity contribution >= 4 is 23.6 Å². The standard InChI is InChI=1S/C7H3ClF2N2O3/c8-3-1-5(12(14)15)6(7(9)10)11-4(3)2-13/h1-2,7H. The summed E-state index contributed by atoms with van der Waals surface area (Å²) in [7, 11) is 0. The van der Waals surface area contributed by atoms with Crippen molar-refractivity contribution in [2.45, 2.75) is 6.43 Å². The van der Waals surface area contributed by atoms with E-state index < -0.39 is 28.4 Å². The third-order valence-electron chi connectivity index (χ3n) is 1.53. The number of halogens is 3. The summed E-state index contributed by atoms with van der Waals surface area (Å²) in [5.74, 6) is 0. The van der Waals surface area contributed by atoms with E-state index in [0.29, 0.717) is 6.07 Å². The van der Waals surface area contributed by atoms with Crippen LogP contribution in [0, 0.1) is 10.1 Å². The number of alkyl halides is 2. The van der Waals surface area contributed by atoms with E-state index in [4.69, 9.17) is 11.6 Å². The predicted molar refractivity (Wildman–Crippen MR) is 46.2 cm³/mol. The van der Waals surface area contributed by atoms with Crippen molar-refractivity contribution in [2.24, 2.45) is 0 Å². The number of nitrogens with zero attached hydrogens (tertiary/aromatic N) is 2. The van der Waals surface area contributed by atoms with E-state index >= 15 is 0 Å². The van der Waals surface area contributed by atoms with Gasteiger partial charge in [0.15, 0.2) is 12.0 Å². The molecule has 1 rings (SSSR count). The van der Waals surface area contributed by atoms with Gasteiger partial charge in [-0.15, -0.1) is 0 Å². The molecule has 5 nitrogen and oxygen atoms in total. The summed E-state index contributed by atoms with van der Waals surface area (Å²) in [5.41, 5.74) is -2.41. The van der Waals surface area contributed by atoms with Crippen LogP contribution >= 0.6 is 11.6 Å². The van der Waals surface area contributed by atoms with Gasteiger partial charge in [-0.2, -0.15) is 0 Å². The van der Waals surface area contributed by atoms with Crippen LogP contribution in [0.4, 0.5) is 14.5 Å². The summed E-state index contributed by atoms with van der Waals surface area (Å²) in [4.78, 5) is 22.8. The Kier molecular flexibility index (Phi) is 3.25. The van der Waals surface area contributed by atoms with Crippen LogP contribution in [0.25, 0.3) is 0 Å². The molecule has 80 valence electrons. The molecule has 8 heteroatoms. The van der Waals surface area contributed by atoms with Crippen LogP contribution in [0.1, 0.15) is 22.6 Å². The first-order valence-electron chi connectivity index (χ1n) is 3.55. The molecule has 0 fully saturated rings. The second-order valence-electron chi connectivity index (χ2n) is 2.44. The monoisotopic (exact) mass is 236 g/mol. The van der Waals surface area contributed by atoms with Crippen LogP contribution in [0.5, 0.6) is 0 Å². The molecule has 1 heterocycles. The van der Waals surface area contributed by atoms with Crippen molar-refractivity contribution in [3.63, 3.8) is 0 Å². The summed E-state index contributed by atoms with van der Waals surface area (Å²) in [6, 6.07) is 0.680. The molecule has 0 aliphatic rings. The van der Waals surface area contributed by atoms with Gasteiger partial charge in [0.25, 0.3) is 12.1 Å². The quantitative estimate of drug-likeness (QED) is 0.459. The van der Waals surface area contributed by atoms with E-state index in [1.54, 1.807) is 0 Å². The highest BCUT2D eigenvalue weighted by Gasteiger charge is 2.25. The lowest BCUT2D eigenvalue weighted by Gasteiger charge is -2.02. The zero-order valence-electron chi connectivity index (χ0n) is 6.99. The molecule has 0 unspecified atom stereocenters. The second kappa shape index (κ2) is 4.26. The summed E-state index contributed by atoms with van der Waals surface area (Å²) in [6.07, 6.45) is -2.99.